The first kappa shape index (κ1) is 13.2. The maximum atomic E-state index is 5.22. The first-order chi connectivity index (χ1) is 7.67. The molecule has 0 radical (unpaired) electrons. The van der Waals surface area contributed by atoms with E-state index in [1.165, 1.54) is 0 Å². The van der Waals surface area contributed by atoms with Crippen molar-refractivity contribution >= 4 is 0 Å². The van der Waals surface area contributed by atoms with Gasteiger partial charge in [-0.1, -0.05) is 32.9 Å². The van der Waals surface area contributed by atoms with E-state index in [1.807, 2.05) is 6.92 Å². The lowest BCUT2D eigenvalue weighted by molar-refractivity contribution is 0.324. The van der Waals surface area contributed by atoms with Gasteiger partial charge in [0.05, 0.1) is 0 Å². The summed E-state index contributed by atoms with van der Waals surface area (Å²) in [6.45, 7) is 9.67. The van der Waals surface area contributed by atoms with Crippen molar-refractivity contribution in [1.82, 2.24) is 15.5 Å². The molecule has 0 amide bonds. The molecule has 1 unspecified atom stereocenters. The predicted octanol–water partition coefficient (Wildman–Crippen LogP) is 2.20. The Morgan fingerprint density at radius 2 is 2.06 bits per heavy atom. The van der Waals surface area contributed by atoms with Gasteiger partial charge in [-0.25, -0.2) is 0 Å². The zero-order valence-electron chi connectivity index (χ0n) is 10.8. The minimum atomic E-state index is 0.421. The third-order valence-corrected chi connectivity index (χ3v) is 2.68. The van der Waals surface area contributed by atoms with Crippen LogP contribution in [0.3, 0.4) is 0 Å². The molecule has 0 saturated carbocycles. The number of nitrogens with zero attached hydrogens (tertiary/aromatic N) is 2. The van der Waals surface area contributed by atoms with Gasteiger partial charge in [-0.05, 0) is 18.9 Å². The molecule has 1 aromatic heterocycles. The molecule has 0 fully saturated rings. The molecule has 16 heavy (non-hydrogen) atoms. The molecule has 0 aliphatic rings. The van der Waals surface area contributed by atoms with Crippen molar-refractivity contribution in [3.8, 4) is 0 Å². The number of aromatic nitrogens is 2. The highest BCUT2D eigenvalue weighted by molar-refractivity contribution is 4.90. The van der Waals surface area contributed by atoms with Crippen LogP contribution < -0.4 is 5.32 Å². The summed E-state index contributed by atoms with van der Waals surface area (Å²) < 4.78 is 5.22. The van der Waals surface area contributed by atoms with Crippen LogP contribution in [-0.2, 0) is 12.8 Å². The van der Waals surface area contributed by atoms with Crippen molar-refractivity contribution in [1.29, 1.82) is 0 Å². The van der Waals surface area contributed by atoms with Crippen LogP contribution in [0.5, 0.6) is 0 Å². The maximum absolute atomic E-state index is 5.22. The van der Waals surface area contributed by atoms with E-state index in [-0.39, 0.29) is 0 Å². The molecule has 1 rings (SSSR count). The average Bonchev–Trinajstić information content (AvgIpc) is 2.71. The molecule has 1 atom stereocenters. The zero-order valence-corrected chi connectivity index (χ0v) is 10.8. The molecule has 0 spiro atoms. The molecule has 0 bridgehead atoms. The topological polar surface area (TPSA) is 51.0 Å². The second-order valence-electron chi connectivity index (χ2n) is 4.47. The van der Waals surface area contributed by atoms with Crippen molar-refractivity contribution in [2.24, 2.45) is 5.92 Å². The van der Waals surface area contributed by atoms with E-state index in [4.69, 9.17) is 4.52 Å². The van der Waals surface area contributed by atoms with E-state index >= 15 is 0 Å². The largest absolute Gasteiger partial charge is 0.339 e. The Morgan fingerprint density at radius 3 is 2.56 bits per heavy atom. The minimum Gasteiger partial charge on any atom is -0.339 e. The molecular formula is C12H23N3O. The van der Waals surface area contributed by atoms with E-state index in [2.05, 4.69) is 36.2 Å². The summed E-state index contributed by atoms with van der Waals surface area (Å²) in [5, 5.41) is 7.43. The van der Waals surface area contributed by atoms with Crippen LogP contribution in [0.1, 0.15) is 45.8 Å². The third kappa shape index (κ3) is 3.93. The van der Waals surface area contributed by atoms with Crippen LogP contribution in [0.4, 0.5) is 0 Å². The quantitative estimate of drug-likeness (QED) is 0.773. The zero-order chi connectivity index (χ0) is 12.0. The van der Waals surface area contributed by atoms with Gasteiger partial charge >= 0.3 is 0 Å². The van der Waals surface area contributed by atoms with Gasteiger partial charge in [-0.15, -0.1) is 0 Å². The smallest absolute Gasteiger partial charge is 0.228 e. The fraction of sp³-hybridized carbons (Fsp3) is 0.833. The lowest BCUT2D eigenvalue weighted by Gasteiger charge is -2.20. The van der Waals surface area contributed by atoms with Gasteiger partial charge in [-0.2, -0.15) is 4.98 Å². The molecule has 4 heteroatoms. The van der Waals surface area contributed by atoms with Crippen molar-refractivity contribution in [3.63, 3.8) is 0 Å². The highest BCUT2D eigenvalue weighted by Crippen LogP contribution is 2.09. The Balaban J connectivity index is 2.53. The molecule has 0 aliphatic carbocycles. The van der Waals surface area contributed by atoms with Crippen molar-refractivity contribution in [3.05, 3.63) is 11.7 Å². The van der Waals surface area contributed by atoms with Crippen LogP contribution >= 0.6 is 0 Å². The number of nitrogens with one attached hydrogen (secondary N) is 1. The Kier molecular flexibility index (Phi) is 5.46. The first-order valence-electron chi connectivity index (χ1n) is 6.22. The van der Waals surface area contributed by atoms with Gasteiger partial charge in [0.25, 0.3) is 0 Å². The van der Waals surface area contributed by atoms with Crippen molar-refractivity contribution in [2.45, 2.75) is 53.0 Å². The highest BCUT2D eigenvalue weighted by atomic mass is 16.5. The van der Waals surface area contributed by atoms with Crippen LogP contribution in [0, 0.1) is 5.92 Å². The van der Waals surface area contributed by atoms with Gasteiger partial charge in [-0.3, -0.25) is 0 Å². The Morgan fingerprint density at radius 1 is 1.31 bits per heavy atom. The summed E-state index contributed by atoms with van der Waals surface area (Å²) >= 11 is 0. The normalized spacial score (nSPS) is 13.3. The number of hydrogen-bond acceptors (Lipinski definition) is 4. The summed E-state index contributed by atoms with van der Waals surface area (Å²) in [7, 11) is 0. The second kappa shape index (κ2) is 6.63. The highest BCUT2D eigenvalue weighted by Gasteiger charge is 2.16. The van der Waals surface area contributed by atoms with E-state index in [0.29, 0.717) is 12.0 Å². The number of rotatable bonds is 7. The minimum absolute atomic E-state index is 0.421. The third-order valence-electron chi connectivity index (χ3n) is 2.68. The molecular weight excluding hydrogens is 202 g/mol. The fourth-order valence-corrected chi connectivity index (χ4v) is 1.58. The number of aryl methyl sites for hydroxylation is 1. The monoisotopic (exact) mass is 225 g/mol. The van der Waals surface area contributed by atoms with E-state index in [0.717, 1.165) is 37.5 Å². The summed E-state index contributed by atoms with van der Waals surface area (Å²) in [6, 6.07) is 0.421. The van der Waals surface area contributed by atoms with Crippen molar-refractivity contribution < 1.29 is 4.52 Å². The molecule has 1 N–H and O–H groups in total. The molecule has 0 saturated heterocycles. The van der Waals surface area contributed by atoms with Gasteiger partial charge in [0, 0.05) is 18.9 Å². The molecule has 4 nitrogen and oxygen atoms in total. The average molecular weight is 225 g/mol. The summed E-state index contributed by atoms with van der Waals surface area (Å²) in [5.74, 6) is 2.12. The fourth-order valence-electron chi connectivity index (χ4n) is 1.58. The summed E-state index contributed by atoms with van der Waals surface area (Å²) in [4.78, 5) is 4.34. The maximum Gasteiger partial charge on any atom is 0.228 e. The van der Waals surface area contributed by atoms with Crippen LogP contribution in [0.25, 0.3) is 0 Å². The van der Waals surface area contributed by atoms with E-state index < -0.39 is 0 Å². The van der Waals surface area contributed by atoms with Gasteiger partial charge in [0.15, 0.2) is 5.82 Å². The lowest BCUT2D eigenvalue weighted by Crippen LogP contribution is -2.36. The summed E-state index contributed by atoms with van der Waals surface area (Å²) in [6.07, 6.45) is 2.80. The Labute approximate surface area is 97.8 Å². The van der Waals surface area contributed by atoms with E-state index in [1.54, 1.807) is 0 Å². The molecule has 1 aromatic rings. The SMILES string of the molecule is CCCNC(Cc1nc(CC)no1)C(C)C. The van der Waals surface area contributed by atoms with Gasteiger partial charge < -0.3 is 9.84 Å². The number of hydrogen-bond donors (Lipinski definition) is 1. The first-order valence-corrected chi connectivity index (χ1v) is 6.22. The molecule has 0 aromatic carbocycles. The van der Waals surface area contributed by atoms with Gasteiger partial charge in [0.1, 0.15) is 0 Å². The van der Waals surface area contributed by atoms with Crippen LogP contribution in [0.15, 0.2) is 4.52 Å². The predicted molar refractivity (Wildman–Crippen MR) is 64.3 cm³/mol. The summed E-state index contributed by atoms with van der Waals surface area (Å²) in [5.41, 5.74) is 0. The Hall–Kier alpha value is -0.900. The Bertz CT molecular complexity index is 296. The molecule has 1 heterocycles. The van der Waals surface area contributed by atoms with Gasteiger partial charge in [0.2, 0.25) is 5.89 Å². The van der Waals surface area contributed by atoms with Crippen LogP contribution in [0.2, 0.25) is 0 Å². The van der Waals surface area contributed by atoms with Crippen molar-refractivity contribution in [2.75, 3.05) is 6.54 Å². The second-order valence-corrected chi connectivity index (χ2v) is 4.47. The molecule has 92 valence electrons. The lowest BCUT2D eigenvalue weighted by atomic mass is 10.0. The standard InChI is InChI=1S/C12H23N3O/c1-5-7-13-10(9(3)4)8-12-14-11(6-2)15-16-12/h9-10,13H,5-8H2,1-4H3. The molecule has 0 aliphatic heterocycles. The van der Waals surface area contributed by atoms with E-state index in [9.17, 15) is 0 Å². The van der Waals surface area contributed by atoms with Crippen LogP contribution in [-0.4, -0.2) is 22.7 Å².